The molecule has 2 aromatic heterocycles. The fourth-order valence-corrected chi connectivity index (χ4v) is 4.77. The molecule has 3 heterocycles. The number of benzene rings is 2. The Morgan fingerprint density at radius 2 is 1.75 bits per heavy atom. The average molecular weight is 499 g/mol. The number of aromatic hydroxyl groups is 1. The van der Waals surface area contributed by atoms with Crippen molar-refractivity contribution in [2.45, 2.75) is 39.1 Å². The molecule has 188 valence electrons. The minimum Gasteiger partial charge on any atom is -0.493 e. The fourth-order valence-electron chi connectivity index (χ4n) is 4.77. The second kappa shape index (κ2) is 9.25. The summed E-state index contributed by atoms with van der Waals surface area (Å²) in [5.74, 6) is -0.695. The summed E-state index contributed by atoms with van der Waals surface area (Å²) < 4.78 is 43.8. The number of aromatic nitrogens is 3. The van der Waals surface area contributed by atoms with E-state index in [9.17, 15) is 23.1 Å². The van der Waals surface area contributed by atoms with Gasteiger partial charge in [0.2, 0.25) is 5.88 Å². The average Bonchev–Trinajstić information content (AvgIpc) is 3.07. The molecule has 1 saturated heterocycles. The number of hydrogen-bond donors (Lipinski definition) is 1. The summed E-state index contributed by atoms with van der Waals surface area (Å²) in [7, 11) is 0. The van der Waals surface area contributed by atoms with Gasteiger partial charge >= 0.3 is 12.1 Å². The number of fused-ring (bicyclic) bond motifs is 1. The highest BCUT2D eigenvalue weighted by atomic mass is 19.4. The monoisotopic (exact) mass is 498 g/mol. The molecule has 0 saturated carbocycles. The minimum atomic E-state index is -4.82. The molecular formula is C26H25F3N4O3. The van der Waals surface area contributed by atoms with Gasteiger partial charge in [0, 0.05) is 24.7 Å². The zero-order valence-electron chi connectivity index (χ0n) is 19.6. The molecule has 4 aromatic rings. The summed E-state index contributed by atoms with van der Waals surface area (Å²) in [4.78, 5) is 20.3. The first kappa shape index (κ1) is 23.8. The van der Waals surface area contributed by atoms with Crippen LogP contribution in [0.1, 0.15) is 30.5 Å². The van der Waals surface area contributed by atoms with Gasteiger partial charge in [-0.1, -0.05) is 12.1 Å². The van der Waals surface area contributed by atoms with Crippen molar-refractivity contribution in [2.75, 3.05) is 18.0 Å². The van der Waals surface area contributed by atoms with Crippen molar-refractivity contribution >= 4 is 16.6 Å². The largest absolute Gasteiger partial charge is 0.573 e. The quantitative estimate of drug-likeness (QED) is 0.413. The van der Waals surface area contributed by atoms with E-state index in [1.54, 1.807) is 13.1 Å². The number of piperidine rings is 1. The van der Waals surface area contributed by atoms with Crippen molar-refractivity contribution in [2.24, 2.45) is 0 Å². The Labute approximate surface area is 205 Å². The van der Waals surface area contributed by atoms with Crippen LogP contribution in [0.25, 0.3) is 16.6 Å². The molecule has 0 aliphatic carbocycles. The van der Waals surface area contributed by atoms with E-state index in [2.05, 4.69) is 20.7 Å². The van der Waals surface area contributed by atoms with E-state index in [-0.39, 0.29) is 18.1 Å². The number of para-hydroxylation sites is 1. The summed E-state index contributed by atoms with van der Waals surface area (Å²) in [6.45, 7) is 3.78. The van der Waals surface area contributed by atoms with Crippen LogP contribution in [0.5, 0.6) is 11.6 Å². The number of halogens is 3. The molecule has 1 fully saturated rings. The maximum atomic E-state index is 13.3. The van der Waals surface area contributed by atoms with Crippen LogP contribution in [0, 0.1) is 6.92 Å². The SMILES string of the molecule is Cc1c(O)n(-c2ccc(OC(F)(F)F)cc2)c(=O)n1Cc1ccnc2c(N3CCCCC3)cccc12. The third kappa shape index (κ3) is 4.50. The summed E-state index contributed by atoms with van der Waals surface area (Å²) in [6, 6.07) is 12.7. The summed E-state index contributed by atoms with van der Waals surface area (Å²) in [5.41, 5.74) is 2.86. The Hall–Kier alpha value is -3.95. The third-order valence-electron chi connectivity index (χ3n) is 6.56. The van der Waals surface area contributed by atoms with Crippen LogP contribution in [0.2, 0.25) is 0 Å². The maximum absolute atomic E-state index is 13.3. The first-order valence-corrected chi connectivity index (χ1v) is 11.7. The third-order valence-corrected chi connectivity index (χ3v) is 6.56. The molecule has 0 amide bonds. The Balaban J connectivity index is 1.50. The lowest BCUT2D eigenvalue weighted by molar-refractivity contribution is -0.274. The van der Waals surface area contributed by atoms with Crippen LogP contribution < -0.4 is 15.3 Å². The molecule has 10 heteroatoms. The van der Waals surface area contributed by atoms with Gasteiger partial charge in [-0.2, -0.15) is 0 Å². The fraction of sp³-hybridized carbons (Fsp3) is 0.308. The van der Waals surface area contributed by atoms with Crippen LogP contribution in [0.15, 0.2) is 59.5 Å². The van der Waals surface area contributed by atoms with E-state index in [0.717, 1.165) is 64.8 Å². The molecule has 0 spiro atoms. The Bertz CT molecular complexity index is 1450. The zero-order chi connectivity index (χ0) is 25.4. The number of imidazole rings is 1. The highest BCUT2D eigenvalue weighted by molar-refractivity contribution is 5.93. The van der Waals surface area contributed by atoms with Gasteiger partial charge in [0.05, 0.1) is 29.1 Å². The first-order chi connectivity index (χ1) is 17.2. The molecule has 0 atom stereocenters. The molecule has 1 aliphatic heterocycles. The van der Waals surface area contributed by atoms with Crippen molar-refractivity contribution in [1.82, 2.24) is 14.1 Å². The molecule has 7 nitrogen and oxygen atoms in total. The normalized spacial score (nSPS) is 14.4. The summed E-state index contributed by atoms with van der Waals surface area (Å²) in [6.07, 6.45) is 0.408. The van der Waals surface area contributed by atoms with Crippen molar-refractivity contribution in [3.63, 3.8) is 0 Å². The lowest BCUT2D eigenvalue weighted by Crippen LogP contribution is -2.29. The zero-order valence-corrected chi connectivity index (χ0v) is 19.6. The number of anilines is 1. The number of ether oxygens (including phenoxy) is 1. The minimum absolute atomic E-state index is 0.197. The molecule has 0 unspecified atom stereocenters. The smallest absolute Gasteiger partial charge is 0.493 e. The van der Waals surface area contributed by atoms with Crippen molar-refractivity contribution in [1.29, 1.82) is 0 Å². The van der Waals surface area contributed by atoms with Gasteiger partial charge in [0.25, 0.3) is 0 Å². The van der Waals surface area contributed by atoms with E-state index in [4.69, 9.17) is 0 Å². The Morgan fingerprint density at radius 1 is 1.03 bits per heavy atom. The number of hydrogen-bond acceptors (Lipinski definition) is 5. The topological polar surface area (TPSA) is 72.5 Å². The molecular weight excluding hydrogens is 473 g/mol. The van der Waals surface area contributed by atoms with Crippen molar-refractivity contribution < 1.29 is 23.0 Å². The van der Waals surface area contributed by atoms with Gasteiger partial charge in [0.15, 0.2) is 0 Å². The van der Waals surface area contributed by atoms with Crippen LogP contribution in [0.3, 0.4) is 0 Å². The van der Waals surface area contributed by atoms with Crippen LogP contribution in [-0.4, -0.2) is 38.7 Å². The predicted octanol–water partition coefficient (Wildman–Crippen LogP) is 5.14. The standard InChI is InChI=1S/C26H25F3N4O3/c1-17-24(34)33(19-8-10-20(11-9-19)36-26(27,28)29)25(35)32(17)16-18-12-13-30-23-21(18)6-5-7-22(23)31-14-3-2-4-15-31/h5-13,34H,2-4,14-16H2,1H3. The number of nitrogens with zero attached hydrogens (tertiary/aromatic N) is 4. The molecule has 0 radical (unpaired) electrons. The van der Waals surface area contributed by atoms with Gasteiger partial charge in [-0.3, -0.25) is 9.55 Å². The lowest BCUT2D eigenvalue weighted by Gasteiger charge is -2.29. The Kier molecular flexibility index (Phi) is 6.11. The molecule has 1 aliphatic rings. The molecule has 0 bridgehead atoms. The lowest BCUT2D eigenvalue weighted by atomic mass is 10.1. The van der Waals surface area contributed by atoms with Gasteiger partial charge in [-0.15, -0.1) is 13.2 Å². The van der Waals surface area contributed by atoms with E-state index in [1.807, 2.05) is 18.2 Å². The van der Waals surface area contributed by atoms with E-state index in [1.165, 1.54) is 23.1 Å². The molecule has 36 heavy (non-hydrogen) atoms. The second-order valence-corrected chi connectivity index (χ2v) is 8.85. The second-order valence-electron chi connectivity index (χ2n) is 8.85. The first-order valence-electron chi connectivity index (χ1n) is 11.7. The van der Waals surface area contributed by atoms with Crippen LogP contribution in [-0.2, 0) is 6.54 Å². The summed E-state index contributed by atoms with van der Waals surface area (Å²) in [5, 5.41) is 11.6. The van der Waals surface area contributed by atoms with Gasteiger partial charge in [-0.05, 0) is 68.1 Å². The number of pyridine rings is 1. The van der Waals surface area contributed by atoms with E-state index in [0.29, 0.717) is 5.69 Å². The van der Waals surface area contributed by atoms with Crippen LogP contribution in [0.4, 0.5) is 18.9 Å². The van der Waals surface area contributed by atoms with Crippen molar-refractivity contribution in [3.05, 3.63) is 76.5 Å². The van der Waals surface area contributed by atoms with Gasteiger partial charge in [0.1, 0.15) is 5.75 Å². The number of alkyl halides is 3. The maximum Gasteiger partial charge on any atom is 0.573 e. The molecule has 1 N–H and O–H groups in total. The van der Waals surface area contributed by atoms with Crippen molar-refractivity contribution in [3.8, 4) is 17.3 Å². The number of rotatable bonds is 5. The predicted molar refractivity (Wildman–Crippen MR) is 130 cm³/mol. The van der Waals surface area contributed by atoms with E-state index < -0.39 is 17.8 Å². The molecule has 5 rings (SSSR count). The highest BCUT2D eigenvalue weighted by Crippen LogP contribution is 2.30. The van der Waals surface area contributed by atoms with E-state index >= 15 is 0 Å². The summed E-state index contributed by atoms with van der Waals surface area (Å²) >= 11 is 0. The Morgan fingerprint density at radius 3 is 2.44 bits per heavy atom. The van der Waals surface area contributed by atoms with Gasteiger partial charge in [-0.25, -0.2) is 9.36 Å². The van der Waals surface area contributed by atoms with Gasteiger partial charge < -0.3 is 14.7 Å². The molecule has 2 aromatic carbocycles. The highest BCUT2D eigenvalue weighted by Gasteiger charge is 2.31. The van der Waals surface area contributed by atoms with Crippen LogP contribution >= 0.6 is 0 Å².